The lowest BCUT2D eigenvalue weighted by atomic mass is 9.40. The van der Waals surface area contributed by atoms with Gasteiger partial charge in [-0.3, -0.25) is 0 Å². The van der Waals surface area contributed by atoms with Gasteiger partial charge in [-0.05, 0) is 69.7 Å². The number of alkyl halides is 5. The molecule has 2 aromatic carbocycles. The molecular weight excluding hydrogens is 643 g/mol. The fourth-order valence-corrected chi connectivity index (χ4v) is 7.40. The van der Waals surface area contributed by atoms with Crippen LogP contribution in [-0.4, -0.2) is 31.8 Å². The molecule has 4 aromatic rings. The predicted octanol–water partition coefficient (Wildman–Crippen LogP) is 6.61. The Kier molecular flexibility index (Phi) is 6.19. The average molecular weight is 668 g/mol. The normalized spacial score (nSPS) is 25.9. The van der Waals surface area contributed by atoms with Gasteiger partial charge in [0.2, 0.25) is 0 Å². The molecule has 9 rings (SSSR count). The van der Waals surface area contributed by atoms with E-state index in [0.29, 0.717) is 37.9 Å². The van der Waals surface area contributed by atoms with Crippen LogP contribution in [-0.2, 0) is 22.7 Å². The summed E-state index contributed by atoms with van der Waals surface area (Å²) >= 11 is 0. The first-order chi connectivity index (χ1) is 22.1. The summed E-state index contributed by atoms with van der Waals surface area (Å²) in [5.41, 5.74) is -2.17. The van der Waals surface area contributed by atoms with Crippen molar-refractivity contribution in [2.24, 2.45) is 0 Å². The van der Waals surface area contributed by atoms with Crippen LogP contribution in [0.5, 0.6) is 11.5 Å². The van der Waals surface area contributed by atoms with Crippen LogP contribution in [0.2, 0.25) is 0 Å². The third-order valence-electron chi connectivity index (χ3n) is 9.36. The van der Waals surface area contributed by atoms with Crippen molar-refractivity contribution in [3.05, 3.63) is 80.9 Å². The summed E-state index contributed by atoms with van der Waals surface area (Å²) in [6, 6.07) is 4.26. The Morgan fingerprint density at radius 2 is 1.81 bits per heavy atom. The Labute approximate surface area is 259 Å². The largest absolute Gasteiger partial charge is 0.586 e. The third kappa shape index (κ3) is 4.76. The highest BCUT2D eigenvalue weighted by atomic mass is 19.4. The minimum atomic E-state index is -4.78. The monoisotopic (exact) mass is 667 g/mol. The van der Waals surface area contributed by atoms with Gasteiger partial charge < -0.3 is 24.1 Å². The maximum Gasteiger partial charge on any atom is 0.586 e. The van der Waals surface area contributed by atoms with Crippen LogP contribution in [0.25, 0.3) is 5.69 Å². The van der Waals surface area contributed by atoms with Gasteiger partial charge in [-0.1, -0.05) is 0 Å². The maximum absolute atomic E-state index is 15.1. The summed E-state index contributed by atoms with van der Waals surface area (Å²) in [7, 11) is 0. The predicted molar refractivity (Wildman–Crippen MR) is 145 cm³/mol. The zero-order valence-electron chi connectivity index (χ0n) is 24.3. The number of H-pyrrole nitrogens is 1. The average Bonchev–Trinajstić information content (AvgIpc) is 3.64. The standard InChI is InChI=1S/C30H24F7N5O5/c1-13(16-8-21-22(9-18(16)32)46-30(36,37)45-21)38-19-7-14(5-6-17(19)31)42-23-15(24(40-42)29(33,34)35)3-2-4-20(23)44-28-10-27(11-28,12-28)25-39-26(43)47-41-25/h5-9,13,20,38H,2-4,10-12H2,1H3,(H,39,41,43)/t13-,20-,27?,28?/m0/s1. The Morgan fingerprint density at radius 1 is 1.09 bits per heavy atom. The lowest BCUT2D eigenvalue weighted by Gasteiger charge is -2.69. The van der Waals surface area contributed by atoms with Gasteiger partial charge in [0.15, 0.2) is 23.0 Å². The molecular formula is C30H24F7N5O5. The maximum atomic E-state index is 15.1. The number of anilines is 1. The summed E-state index contributed by atoms with van der Waals surface area (Å²) in [4.78, 5) is 15.3. The van der Waals surface area contributed by atoms with E-state index in [2.05, 4.69) is 30.0 Å². The molecule has 1 aliphatic heterocycles. The number of nitrogens with one attached hydrogen (secondary N) is 2. The third-order valence-corrected chi connectivity index (χ3v) is 9.36. The van der Waals surface area contributed by atoms with Crippen molar-refractivity contribution in [2.75, 3.05) is 5.32 Å². The zero-order chi connectivity index (χ0) is 33.1. The molecule has 2 bridgehead atoms. The number of hydrogen-bond acceptors (Lipinski definition) is 8. The molecule has 2 atom stereocenters. The van der Waals surface area contributed by atoms with E-state index in [1.54, 1.807) is 0 Å². The topological polar surface area (TPSA) is 116 Å². The summed E-state index contributed by atoms with van der Waals surface area (Å²) in [5.74, 6) is -2.97. The van der Waals surface area contributed by atoms with E-state index in [9.17, 15) is 31.1 Å². The summed E-state index contributed by atoms with van der Waals surface area (Å²) in [6.45, 7) is 1.44. The molecule has 248 valence electrons. The van der Waals surface area contributed by atoms with Crippen LogP contribution in [0.15, 0.2) is 39.6 Å². The molecule has 0 spiro atoms. The molecule has 0 radical (unpaired) electrons. The zero-order valence-corrected chi connectivity index (χ0v) is 24.3. The van der Waals surface area contributed by atoms with Gasteiger partial charge in [-0.25, -0.2) is 23.4 Å². The van der Waals surface area contributed by atoms with Gasteiger partial charge >= 0.3 is 18.2 Å². The van der Waals surface area contributed by atoms with Crippen molar-refractivity contribution in [2.45, 2.75) is 81.1 Å². The molecule has 4 aliphatic carbocycles. The number of benzene rings is 2. The van der Waals surface area contributed by atoms with Crippen molar-refractivity contribution in [1.29, 1.82) is 0 Å². The van der Waals surface area contributed by atoms with Crippen LogP contribution in [0.1, 0.15) is 79.5 Å². The highest BCUT2D eigenvalue weighted by Crippen LogP contribution is 2.70. The van der Waals surface area contributed by atoms with E-state index < -0.39 is 70.2 Å². The van der Waals surface area contributed by atoms with Crippen molar-refractivity contribution in [1.82, 2.24) is 19.9 Å². The van der Waals surface area contributed by atoms with E-state index in [1.165, 1.54) is 19.1 Å². The van der Waals surface area contributed by atoms with Crippen LogP contribution in [0.3, 0.4) is 0 Å². The van der Waals surface area contributed by atoms with Crippen LogP contribution < -0.4 is 20.5 Å². The van der Waals surface area contributed by atoms with Crippen LogP contribution >= 0.6 is 0 Å². The Balaban J connectivity index is 1.10. The summed E-state index contributed by atoms with van der Waals surface area (Å²) in [5, 5.41) is 9.25. The fraction of sp³-hybridized carbons (Fsp3) is 0.433. The van der Waals surface area contributed by atoms with E-state index in [1.807, 2.05) is 0 Å². The van der Waals surface area contributed by atoms with Crippen LogP contribution in [0.4, 0.5) is 36.4 Å². The molecule has 0 saturated heterocycles. The molecule has 2 aromatic heterocycles. The van der Waals surface area contributed by atoms with Gasteiger partial charge in [0.25, 0.3) is 0 Å². The lowest BCUT2D eigenvalue weighted by molar-refractivity contribution is -0.286. The van der Waals surface area contributed by atoms with E-state index >= 15 is 4.39 Å². The van der Waals surface area contributed by atoms with Gasteiger partial charge in [-0.2, -0.15) is 23.3 Å². The number of aromatic amines is 1. The quantitative estimate of drug-likeness (QED) is 0.212. The summed E-state index contributed by atoms with van der Waals surface area (Å²) < 4.78 is 121. The number of ether oxygens (including phenoxy) is 3. The van der Waals surface area contributed by atoms with Crippen molar-refractivity contribution < 1.29 is 49.5 Å². The lowest BCUT2D eigenvalue weighted by Crippen LogP contribution is -2.71. The smallest absolute Gasteiger partial charge is 0.395 e. The Morgan fingerprint density at radius 3 is 2.49 bits per heavy atom. The SMILES string of the molecule is C[C@H](Nc1cc(-n2nc(C(F)(F)F)c3c2[C@@H](OC24CC(c5nc(=O)o[nH]5)(C2)C4)CCC3)ccc1F)c1cc2c(cc1F)OC(F)(F)O2. The van der Waals surface area contributed by atoms with Gasteiger partial charge in [0, 0.05) is 22.6 Å². The van der Waals surface area contributed by atoms with E-state index in [-0.39, 0.29) is 34.6 Å². The molecule has 0 unspecified atom stereocenters. The van der Waals surface area contributed by atoms with E-state index in [0.717, 1.165) is 22.9 Å². The van der Waals surface area contributed by atoms with E-state index in [4.69, 9.17) is 9.26 Å². The van der Waals surface area contributed by atoms with Gasteiger partial charge in [-0.15, -0.1) is 8.78 Å². The fourth-order valence-electron chi connectivity index (χ4n) is 7.40. The second kappa shape index (κ2) is 9.74. The van der Waals surface area contributed by atoms with Gasteiger partial charge in [0.05, 0.1) is 28.7 Å². The molecule has 10 nitrogen and oxygen atoms in total. The van der Waals surface area contributed by atoms with Gasteiger partial charge in [0.1, 0.15) is 17.7 Å². The summed E-state index contributed by atoms with van der Waals surface area (Å²) in [6.07, 6.45) is -7.06. The molecule has 3 saturated carbocycles. The number of hydrogen-bond donors (Lipinski definition) is 2. The number of aromatic nitrogens is 4. The number of nitrogens with zero attached hydrogens (tertiary/aromatic N) is 3. The first-order valence-electron chi connectivity index (χ1n) is 14.7. The van der Waals surface area contributed by atoms with Crippen molar-refractivity contribution in [3.8, 4) is 17.2 Å². The number of rotatable bonds is 7. The Bertz CT molecular complexity index is 1970. The minimum absolute atomic E-state index is 0.0117. The molecule has 0 amide bonds. The first-order valence-corrected chi connectivity index (χ1v) is 14.7. The number of fused-ring (bicyclic) bond motifs is 2. The number of halogens is 7. The Hall–Kier alpha value is -4.54. The molecule has 47 heavy (non-hydrogen) atoms. The second-order valence-electron chi connectivity index (χ2n) is 12.6. The van der Waals surface area contributed by atoms with Crippen molar-refractivity contribution in [3.63, 3.8) is 0 Å². The highest BCUT2D eigenvalue weighted by Gasteiger charge is 2.72. The first kappa shape index (κ1) is 29.8. The molecule has 2 N–H and O–H groups in total. The molecule has 17 heteroatoms. The highest BCUT2D eigenvalue weighted by molar-refractivity contribution is 5.56. The van der Waals surface area contributed by atoms with Crippen molar-refractivity contribution >= 4 is 5.69 Å². The minimum Gasteiger partial charge on any atom is -0.395 e. The second-order valence-corrected chi connectivity index (χ2v) is 12.6. The molecule has 3 heterocycles. The van der Waals surface area contributed by atoms with Crippen LogP contribution in [0, 0.1) is 11.6 Å². The molecule has 3 fully saturated rings. The molecule has 5 aliphatic rings.